The van der Waals surface area contributed by atoms with Gasteiger partial charge in [0.05, 0.1) is 0 Å². The number of hydrogen-bond donors (Lipinski definition) is 4. The number of fused-ring (bicyclic) bond motifs is 1. The van der Waals surface area contributed by atoms with Crippen LogP contribution in [0.4, 0.5) is 0 Å². The molecule has 1 atom stereocenters. The SMILES string of the molecule is CCCCCCCCCCCCCCC/C=C/CC1CC2=NCCCNCCCNCCNCCCNCCCN2C1=O. The Morgan fingerprint density at radius 3 is 1.77 bits per heavy atom. The van der Waals surface area contributed by atoms with E-state index in [1.807, 2.05) is 4.90 Å². The van der Waals surface area contributed by atoms with Gasteiger partial charge in [0.25, 0.3) is 0 Å². The molecule has 43 heavy (non-hydrogen) atoms. The summed E-state index contributed by atoms with van der Waals surface area (Å²) >= 11 is 0. The van der Waals surface area contributed by atoms with Gasteiger partial charge in [-0.1, -0.05) is 96.1 Å². The second kappa shape index (κ2) is 28.2. The van der Waals surface area contributed by atoms with Gasteiger partial charge in [0, 0.05) is 38.5 Å². The Kier molecular flexibility index (Phi) is 24.9. The standard InChI is InChI=1S/C36H70N6O/c1-2-3-4-5-6-7-8-9-10-11-12-13-14-15-16-17-22-34-33-35-41-29-20-27-37-23-18-25-39-30-31-40-26-19-24-38-28-21-32-42(35)36(34)43/h16-17,34,37-40H,2-15,18-33H2,1H3/b17-16+,41-35?. The summed E-state index contributed by atoms with van der Waals surface area (Å²) in [5, 5.41) is 14.1. The number of amidine groups is 1. The van der Waals surface area contributed by atoms with Crippen molar-refractivity contribution in [3.63, 3.8) is 0 Å². The number of allylic oxidation sites excluding steroid dienone is 2. The normalized spacial score (nSPS) is 21.0. The zero-order valence-corrected chi connectivity index (χ0v) is 28.2. The van der Waals surface area contributed by atoms with E-state index in [2.05, 4.69) is 40.3 Å². The van der Waals surface area contributed by atoms with Crippen LogP contribution >= 0.6 is 0 Å². The molecule has 0 aromatic carbocycles. The lowest BCUT2D eigenvalue weighted by Crippen LogP contribution is -2.34. The van der Waals surface area contributed by atoms with Crippen molar-refractivity contribution in [2.45, 2.75) is 135 Å². The van der Waals surface area contributed by atoms with E-state index in [0.29, 0.717) is 0 Å². The minimum Gasteiger partial charge on any atom is -0.317 e. The molecule has 0 radical (unpaired) electrons. The lowest BCUT2D eigenvalue weighted by atomic mass is 10.0. The molecule has 0 bridgehead atoms. The van der Waals surface area contributed by atoms with Crippen molar-refractivity contribution >= 4 is 11.7 Å². The Hall–Kier alpha value is -1.28. The summed E-state index contributed by atoms with van der Waals surface area (Å²) in [6.07, 6.45) is 29.9. The molecule has 0 aromatic heterocycles. The molecule has 7 nitrogen and oxygen atoms in total. The van der Waals surface area contributed by atoms with E-state index in [9.17, 15) is 4.79 Å². The monoisotopic (exact) mass is 603 g/mol. The molecule has 1 unspecified atom stereocenters. The molecule has 2 aliphatic heterocycles. The summed E-state index contributed by atoms with van der Waals surface area (Å²) in [6.45, 7) is 12.0. The first-order chi connectivity index (χ1) is 21.3. The Morgan fingerprint density at radius 1 is 0.651 bits per heavy atom. The molecule has 0 aromatic rings. The van der Waals surface area contributed by atoms with Crippen LogP contribution in [0.2, 0.25) is 0 Å². The molecule has 2 heterocycles. The summed E-state index contributed by atoms with van der Waals surface area (Å²) in [5.74, 6) is 1.38. The van der Waals surface area contributed by atoms with Crippen LogP contribution in [-0.4, -0.2) is 82.1 Å². The third kappa shape index (κ3) is 20.4. The topological polar surface area (TPSA) is 80.8 Å². The Balaban J connectivity index is 1.62. The third-order valence-corrected chi connectivity index (χ3v) is 8.85. The van der Waals surface area contributed by atoms with Gasteiger partial charge in [-0.05, 0) is 84.2 Å². The number of amides is 1. The van der Waals surface area contributed by atoms with Gasteiger partial charge < -0.3 is 26.2 Å². The van der Waals surface area contributed by atoms with E-state index in [-0.39, 0.29) is 11.8 Å². The van der Waals surface area contributed by atoms with Crippen molar-refractivity contribution in [1.29, 1.82) is 0 Å². The van der Waals surface area contributed by atoms with Crippen molar-refractivity contribution in [1.82, 2.24) is 26.2 Å². The number of hydrogen-bond acceptors (Lipinski definition) is 6. The number of nitrogens with zero attached hydrogens (tertiary/aromatic N) is 2. The maximum Gasteiger partial charge on any atom is 0.231 e. The van der Waals surface area contributed by atoms with Crippen molar-refractivity contribution in [2.24, 2.45) is 10.9 Å². The van der Waals surface area contributed by atoms with Gasteiger partial charge in [-0.15, -0.1) is 0 Å². The van der Waals surface area contributed by atoms with Crippen LogP contribution in [0.3, 0.4) is 0 Å². The van der Waals surface area contributed by atoms with Crippen LogP contribution in [-0.2, 0) is 4.79 Å². The highest BCUT2D eigenvalue weighted by molar-refractivity contribution is 6.06. The molecule has 1 saturated heterocycles. The molecule has 0 saturated carbocycles. The number of carbonyl (C=O) groups is 1. The smallest absolute Gasteiger partial charge is 0.231 e. The van der Waals surface area contributed by atoms with Gasteiger partial charge in [-0.25, -0.2) is 0 Å². The second-order valence-electron chi connectivity index (χ2n) is 12.8. The Morgan fingerprint density at radius 2 is 1.16 bits per heavy atom. The molecule has 1 fully saturated rings. The molecule has 250 valence electrons. The predicted octanol–water partition coefficient (Wildman–Crippen LogP) is 6.59. The molecule has 2 aliphatic rings. The van der Waals surface area contributed by atoms with Crippen LogP contribution in [0.1, 0.15) is 135 Å². The fourth-order valence-corrected chi connectivity index (χ4v) is 6.12. The summed E-state index contributed by atoms with van der Waals surface area (Å²) < 4.78 is 0. The van der Waals surface area contributed by atoms with E-state index in [1.165, 1.54) is 83.5 Å². The highest BCUT2D eigenvalue weighted by Gasteiger charge is 2.35. The molecule has 0 aliphatic carbocycles. The Labute approximate surface area is 266 Å². The lowest BCUT2D eigenvalue weighted by Gasteiger charge is -2.18. The first-order valence-corrected chi connectivity index (χ1v) is 18.7. The number of nitrogens with one attached hydrogen (secondary N) is 4. The summed E-state index contributed by atoms with van der Waals surface area (Å²) in [4.78, 5) is 20.3. The van der Waals surface area contributed by atoms with Crippen molar-refractivity contribution < 1.29 is 4.79 Å². The molecular formula is C36H70N6O. The zero-order valence-electron chi connectivity index (χ0n) is 28.2. The summed E-state index contributed by atoms with van der Waals surface area (Å²) in [7, 11) is 0. The quantitative estimate of drug-likeness (QED) is 0.118. The molecule has 4 N–H and O–H groups in total. The van der Waals surface area contributed by atoms with Gasteiger partial charge in [0.1, 0.15) is 5.84 Å². The second-order valence-corrected chi connectivity index (χ2v) is 12.8. The van der Waals surface area contributed by atoms with Crippen LogP contribution in [0.15, 0.2) is 17.1 Å². The first kappa shape index (κ1) is 37.9. The molecular weight excluding hydrogens is 532 g/mol. The maximum absolute atomic E-state index is 13.3. The minimum absolute atomic E-state index is 0.0665. The van der Waals surface area contributed by atoms with Gasteiger partial charge in [0.15, 0.2) is 0 Å². The summed E-state index contributed by atoms with van der Waals surface area (Å²) in [6, 6.07) is 0. The van der Waals surface area contributed by atoms with Crippen molar-refractivity contribution in [3.05, 3.63) is 12.2 Å². The van der Waals surface area contributed by atoms with E-state index in [1.54, 1.807) is 0 Å². The zero-order chi connectivity index (χ0) is 30.5. The fraction of sp³-hybridized carbons (Fsp3) is 0.889. The molecule has 2 rings (SSSR count). The van der Waals surface area contributed by atoms with Crippen LogP contribution in [0, 0.1) is 5.92 Å². The first-order valence-electron chi connectivity index (χ1n) is 18.7. The Bertz CT molecular complexity index is 712. The van der Waals surface area contributed by atoms with E-state index in [0.717, 1.165) is 116 Å². The van der Waals surface area contributed by atoms with Crippen LogP contribution < -0.4 is 21.3 Å². The minimum atomic E-state index is 0.0665. The van der Waals surface area contributed by atoms with Crippen molar-refractivity contribution in [3.8, 4) is 0 Å². The van der Waals surface area contributed by atoms with Crippen LogP contribution in [0.5, 0.6) is 0 Å². The van der Waals surface area contributed by atoms with E-state index in [4.69, 9.17) is 4.99 Å². The van der Waals surface area contributed by atoms with Crippen molar-refractivity contribution in [2.75, 3.05) is 65.4 Å². The highest BCUT2D eigenvalue weighted by atomic mass is 16.2. The number of carbonyl (C=O) groups excluding carboxylic acids is 1. The molecule has 0 spiro atoms. The average molecular weight is 603 g/mol. The molecule has 7 heteroatoms. The van der Waals surface area contributed by atoms with Crippen LogP contribution in [0.25, 0.3) is 0 Å². The van der Waals surface area contributed by atoms with Gasteiger partial charge in [0.2, 0.25) is 5.91 Å². The number of aliphatic imine (C=N–C) groups is 1. The van der Waals surface area contributed by atoms with Gasteiger partial charge in [-0.2, -0.15) is 0 Å². The highest BCUT2D eigenvalue weighted by Crippen LogP contribution is 2.25. The maximum atomic E-state index is 13.3. The number of unbranched alkanes of at least 4 members (excludes halogenated alkanes) is 13. The third-order valence-electron chi connectivity index (χ3n) is 8.85. The lowest BCUT2D eigenvalue weighted by molar-refractivity contribution is -0.129. The fourth-order valence-electron chi connectivity index (χ4n) is 6.12. The predicted molar refractivity (Wildman–Crippen MR) is 186 cm³/mol. The van der Waals surface area contributed by atoms with Gasteiger partial charge in [-0.3, -0.25) is 9.79 Å². The van der Waals surface area contributed by atoms with Gasteiger partial charge >= 0.3 is 0 Å². The number of rotatable bonds is 16. The molecule has 1 amide bonds. The average Bonchev–Trinajstić information content (AvgIpc) is 3.31. The van der Waals surface area contributed by atoms with E-state index >= 15 is 0 Å². The van der Waals surface area contributed by atoms with E-state index < -0.39 is 0 Å². The largest absolute Gasteiger partial charge is 0.317 e. The summed E-state index contributed by atoms with van der Waals surface area (Å²) in [5.41, 5.74) is 0.